The molecule has 2 heterocycles. The number of nitrogens with one attached hydrogen (secondary N) is 1. The molecular weight excluding hydrogens is 324 g/mol. The van der Waals surface area contributed by atoms with E-state index in [1.54, 1.807) is 12.1 Å². The summed E-state index contributed by atoms with van der Waals surface area (Å²) in [6.07, 6.45) is 2.47. The van der Waals surface area contributed by atoms with E-state index in [0.29, 0.717) is 5.76 Å². The maximum absolute atomic E-state index is 12.3. The van der Waals surface area contributed by atoms with E-state index in [1.165, 1.54) is 10.9 Å². The Labute approximate surface area is 143 Å². The molecule has 0 unspecified atom stereocenters. The van der Waals surface area contributed by atoms with Crippen LogP contribution in [0.5, 0.6) is 0 Å². The summed E-state index contributed by atoms with van der Waals surface area (Å²) in [5, 5.41) is 17.4. The van der Waals surface area contributed by atoms with Gasteiger partial charge in [0.2, 0.25) is 0 Å². The number of nitro groups is 1. The standard InChI is InChI=1S/C17H16N4O4/c1-11-4-3-5-15(12(11)2)19-17(22)16-7-6-14(25-16)10-20-9-13(8-18-20)21(23)24/h3-9H,10H2,1-2H3,(H,19,22). The molecule has 8 nitrogen and oxygen atoms in total. The van der Waals surface area contributed by atoms with Gasteiger partial charge in [-0.05, 0) is 43.2 Å². The predicted octanol–water partition coefficient (Wildman–Crippen LogP) is 3.30. The molecule has 0 radical (unpaired) electrons. The highest BCUT2D eigenvalue weighted by molar-refractivity contribution is 6.02. The smallest absolute Gasteiger partial charge is 0.307 e. The largest absolute Gasteiger partial charge is 0.454 e. The summed E-state index contributed by atoms with van der Waals surface area (Å²) in [6, 6.07) is 8.88. The zero-order chi connectivity index (χ0) is 18.0. The number of hydrogen-bond donors (Lipinski definition) is 1. The van der Waals surface area contributed by atoms with Crippen LogP contribution >= 0.6 is 0 Å². The Bertz CT molecular complexity index is 942. The molecule has 0 aliphatic heterocycles. The van der Waals surface area contributed by atoms with Crippen molar-refractivity contribution in [3.63, 3.8) is 0 Å². The molecule has 8 heteroatoms. The number of aromatic nitrogens is 2. The second-order valence-electron chi connectivity index (χ2n) is 5.62. The number of benzene rings is 1. The van der Waals surface area contributed by atoms with Crippen LogP contribution in [0.2, 0.25) is 0 Å². The van der Waals surface area contributed by atoms with Crippen molar-refractivity contribution in [2.75, 3.05) is 5.32 Å². The second kappa shape index (κ2) is 6.60. The lowest BCUT2D eigenvalue weighted by Gasteiger charge is -2.09. The Morgan fingerprint density at radius 3 is 2.84 bits per heavy atom. The Morgan fingerprint density at radius 2 is 2.12 bits per heavy atom. The van der Waals surface area contributed by atoms with Crippen molar-refractivity contribution < 1.29 is 14.1 Å². The molecular formula is C17H16N4O4. The van der Waals surface area contributed by atoms with E-state index in [2.05, 4.69) is 10.4 Å². The summed E-state index contributed by atoms with van der Waals surface area (Å²) >= 11 is 0. The molecule has 2 aromatic heterocycles. The van der Waals surface area contributed by atoms with Crippen molar-refractivity contribution in [3.8, 4) is 0 Å². The summed E-state index contributed by atoms with van der Waals surface area (Å²) < 4.78 is 6.90. The lowest BCUT2D eigenvalue weighted by atomic mass is 10.1. The molecule has 0 spiro atoms. The highest BCUT2D eigenvalue weighted by atomic mass is 16.6. The third kappa shape index (κ3) is 3.57. The highest BCUT2D eigenvalue weighted by Gasteiger charge is 2.14. The minimum Gasteiger partial charge on any atom is -0.454 e. The average molecular weight is 340 g/mol. The molecule has 1 aromatic carbocycles. The Morgan fingerprint density at radius 1 is 1.32 bits per heavy atom. The average Bonchev–Trinajstić information content (AvgIpc) is 3.22. The van der Waals surface area contributed by atoms with Crippen molar-refractivity contribution >= 4 is 17.3 Å². The normalized spacial score (nSPS) is 10.6. The van der Waals surface area contributed by atoms with E-state index in [-0.39, 0.29) is 23.9 Å². The van der Waals surface area contributed by atoms with E-state index in [0.717, 1.165) is 23.0 Å². The number of aryl methyl sites for hydroxylation is 1. The van der Waals surface area contributed by atoms with Crippen molar-refractivity contribution in [1.29, 1.82) is 0 Å². The van der Waals surface area contributed by atoms with Crippen molar-refractivity contribution in [2.45, 2.75) is 20.4 Å². The fourth-order valence-corrected chi connectivity index (χ4v) is 2.35. The van der Waals surface area contributed by atoms with Crippen LogP contribution in [0.15, 0.2) is 47.1 Å². The lowest BCUT2D eigenvalue weighted by Crippen LogP contribution is -2.12. The van der Waals surface area contributed by atoms with Gasteiger partial charge >= 0.3 is 5.69 Å². The van der Waals surface area contributed by atoms with E-state index in [1.807, 2.05) is 32.0 Å². The first-order valence-corrected chi connectivity index (χ1v) is 7.57. The first-order valence-electron chi connectivity index (χ1n) is 7.57. The van der Waals surface area contributed by atoms with Crippen LogP contribution in [-0.2, 0) is 6.54 Å². The van der Waals surface area contributed by atoms with Crippen LogP contribution in [0, 0.1) is 24.0 Å². The molecule has 3 aromatic rings. The van der Waals surface area contributed by atoms with Crippen LogP contribution in [0.25, 0.3) is 0 Å². The number of furan rings is 1. The topological polar surface area (TPSA) is 103 Å². The fraction of sp³-hybridized carbons (Fsp3) is 0.176. The molecule has 0 bridgehead atoms. The van der Waals surface area contributed by atoms with Crippen LogP contribution < -0.4 is 5.32 Å². The van der Waals surface area contributed by atoms with Gasteiger partial charge in [-0.25, -0.2) is 0 Å². The Balaban J connectivity index is 1.71. The summed E-state index contributed by atoms with van der Waals surface area (Å²) in [6.45, 7) is 4.10. The van der Waals surface area contributed by atoms with E-state index < -0.39 is 4.92 Å². The number of anilines is 1. The van der Waals surface area contributed by atoms with Crippen LogP contribution in [0.1, 0.15) is 27.4 Å². The number of carbonyl (C=O) groups is 1. The first-order chi connectivity index (χ1) is 11.9. The third-order valence-electron chi connectivity index (χ3n) is 3.89. The quantitative estimate of drug-likeness (QED) is 0.567. The minimum atomic E-state index is -0.519. The van der Waals surface area contributed by atoms with Gasteiger partial charge in [-0.2, -0.15) is 5.10 Å². The molecule has 0 atom stereocenters. The van der Waals surface area contributed by atoms with Gasteiger partial charge in [0.05, 0.1) is 11.5 Å². The minimum absolute atomic E-state index is 0.0977. The van der Waals surface area contributed by atoms with Crippen LogP contribution in [-0.4, -0.2) is 20.6 Å². The van der Waals surface area contributed by atoms with Gasteiger partial charge in [-0.1, -0.05) is 12.1 Å². The Kier molecular flexibility index (Phi) is 4.34. The van der Waals surface area contributed by atoms with Crippen molar-refractivity contribution in [2.24, 2.45) is 0 Å². The molecule has 0 aliphatic carbocycles. The summed E-state index contributed by atoms with van der Waals surface area (Å²) in [5.41, 5.74) is 2.70. The summed E-state index contributed by atoms with van der Waals surface area (Å²) in [7, 11) is 0. The van der Waals surface area contributed by atoms with Gasteiger partial charge in [-0.3, -0.25) is 19.6 Å². The van der Waals surface area contributed by atoms with E-state index in [4.69, 9.17) is 4.42 Å². The molecule has 1 N–H and O–H groups in total. The van der Waals surface area contributed by atoms with Gasteiger partial charge < -0.3 is 9.73 Å². The molecule has 1 amide bonds. The number of amides is 1. The molecule has 0 aliphatic rings. The van der Waals surface area contributed by atoms with Gasteiger partial charge in [0.25, 0.3) is 5.91 Å². The van der Waals surface area contributed by atoms with Crippen molar-refractivity contribution in [3.05, 3.63) is 75.5 Å². The lowest BCUT2D eigenvalue weighted by molar-refractivity contribution is -0.385. The molecule has 0 saturated carbocycles. The van der Waals surface area contributed by atoms with Gasteiger partial charge in [0, 0.05) is 5.69 Å². The molecule has 3 rings (SSSR count). The van der Waals surface area contributed by atoms with Crippen LogP contribution in [0.4, 0.5) is 11.4 Å². The summed E-state index contributed by atoms with van der Waals surface area (Å²) in [4.78, 5) is 22.5. The summed E-state index contributed by atoms with van der Waals surface area (Å²) in [5.74, 6) is 0.285. The molecule has 0 fully saturated rings. The van der Waals surface area contributed by atoms with Gasteiger partial charge in [0.15, 0.2) is 5.76 Å². The first kappa shape index (κ1) is 16.4. The number of hydrogen-bond acceptors (Lipinski definition) is 5. The van der Waals surface area contributed by atoms with Crippen molar-refractivity contribution in [1.82, 2.24) is 9.78 Å². The highest BCUT2D eigenvalue weighted by Crippen LogP contribution is 2.20. The maximum atomic E-state index is 12.3. The monoisotopic (exact) mass is 340 g/mol. The Hall–Kier alpha value is -3.42. The third-order valence-corrected chi connectivity index (χ3v) is 3.89. The molecule has 25 heavy (non-hydrogen) atoms. The van der Waals surface area contributed by atoms with Gasteiger partial charge in [-0.15, -0.1) is 0 Å². The van der Waals surface area contributed by atoms with E-state index >= 15 is 0 Å². The zero-order valence-corrected chi connectivity index (χ0v) is 13.7. The SMILES string of the molecule is Cc1cccc(NC(=O)c2ccc(Cn3cc([N+](=O)[O-])cn3)o2)c1C. The number of rotatable bonds is 5. The predicted molar refractivity (Wildman–Crippen MR) is 90.6 cm³/mol. The fourth-order valence-electron chi connectivity index (χ4n) is 2.35. The molecule has 128 valence electrons. The van der Waals surface area contributed by atoms with Crippen LogP contribution in [0.3, 0.4) is 0 Å². The number of carbonyl (C=O) groups excluding carboxylic acids is 1. The number of nitrogens with zero attached hydrogens (tertiary/aromatic N) is 3. The zero-order valence-electron chi connectivity index (χ0n) is 13.7. The van der Waals surface area contributed by atoms with E-state index in [9.17, 15) is 14.9 Å². The second-order valence-corrected chi connectivity index (χ2v) is 5.62. The van der Waals surface area contributed by atoms with Gasteiger partial charge in [0.1, 0.15) is 18.2 Å². The molecule has 0 saturated heterocycles. The maximum Gasteiger partial charge on any atom is 0.307 e.